The van der Waals surface area contributed by atoms with Crippen LogP contribution in [0.25, 0.3) is 10.9 Å². The number of aromatic nitrogens is 2. The molecule has 1 amide bonds. The number of benzene rings is 1. The number of H-pyrrole nitrogens is 1. The van der Waals surface area contributed by atoms with Gasteiger partial charge in [0.2, 0.25) is 5.91 Å². The van der Waals surface area contributed by atoms with Gasteiger partial charge < -0.3 is 15.9 Å². The molecule has 1 aromatic carbocycles. The van der Waals surface area contributed by atoms with Crippen molar-refractivity contribution in [1.82, 2.24) is 10.2 Å². The number of carbonyl (C=O) groups excluding carboxylic acids is 1. The molecule has 0 saturated heterocycles. The lowest BCUT2D eigenvalue weighted by Gasteiger charge is -2.16. The second kappa shape index (κ2) is 4.52. The lowest BCUT2D eigenvalue weighted by Crippen LogP contribution is -2.25. The molecule has 17 heavy (non-hydrogen) atoms. The van der Waals surface area contributed by atoms with Gasteiger partial charge in [0.1, 0.15) is 6.10 Å². The Balaban J connectivity index is 2.23. The third-order valence-electron chi connectivity index (χ3n) is 2.58. The Labute approximate surface area is 97.1 Å². The lowest BCUT2D eigenvalue weighted by molar-refractivity contribution is -0.121. The predicted octanol–water partition coefficient (Wildman–Crippen LogP) is -0.167. The smallest absolute Gasteiger partial charge is 0.220 e. The van der Waals surface area contributed by atoms with Gasteiger partial charge in [0.05, 0.1) is 24.2 Å². The monoisotopic (exact) mass is 235 g/mol. The van der Waals surface area contributed by atoms with Crippen LogP contribution >= 0.6 is 0 Å². The van der Waals surface area contributed by atoms with E-state index in [4.69, 9.17) is 5.73 Å². The van der Waals surface area contributed by atoms with Gasteiger partial charge >= 0.3 is 0 Å². The molecule has 2 aromatic rings. The minimum atomic E-state index is -1.20. The molecule has 0 saturated carbocycles. The van der Waals surface area contributed by atoms with Gasteiger partial charge in [0.15, 0.2) is 0 Å². The third-order valence-corrected chi connectivity index (χ3v) is 2.58. The number of nitrogens with two attached hydrogens (primary N) is 1. The van der Waals surface area contributed by atoms with Crippen LogP contribution in [0.3, 0.4) is 0 Å². The summed E-state index contributed by atoms with van der Waals surface area (Å²) >= 11 is 0. The molecular weight excluding hydrogens is 222 g/mol. The molecule has 0 radical (unpaired) electrons. The molecule has 2 atom stereocenters. The first-order chi connectivity index (χ1) is 8.08. The average Bonchev–Trinajstić information content (AvgIpc) is 2.73. The van der Waals surface area contributed by atoms with E-state index < -0.39 is 18.1 Å². The molecular formula is C11H13N3O3. The van der Waals surface area contributed by atoms with Crippen molar-refractivity contribution in [2.24, 2.45) is 5.73 Å². The molecule has 2 unspecified atom stereocenters. The Morgan fingerprint density at radius 2 is 2.24 bits per heavy atom. The summed E-state index contributed by atoms with van der Waals surface area (Å²) in [5.41, 5.74) is 6.22. The molecule has 0 bridgehead atoms. The molecule has 0 aliphatic rings. The summed E-state index contributed by atoms with van der Waals surface area (Å²) in [5.74, 6) is -0.654. The molecule has 0 aliphatic carbocycles. The molecule has 0 fully saturated rings. The van der Waals surface area contributed by atoms with Crippen LogP contribution < -0.4 is 5.73 Å². The van der Waals surface area contributed by atoms with Gasteiger partial charge in [0.25, 0.3) is 0 Å². The fraction of sp³-hybridized carbons (Fsp3) is 0.273. The number of nitrogens with one attached hydrogen (secondary N) is 1. The Hall–Kier alpha value is -1.92. The van der Waals surface area contributed by atoms with E-state index in [1.54, 1.807) is 24.4 Å². The van der Waals surface area contributed by atoms with Gasteiger partial charge in [-0.2, -0.15) is 5.10 Å². The summed E-state index contributed by atoms with van der Waals surface area (Å²) in [7, 11) is 0. The predicted molar refractivity (Wildman–Crippen MR) is 60.9 cm³/mol. The molecule has 5 N–H and O–H groups in total. The van der Waals surface area contributed by atoms with Crippen molar-refractivity contribution in [2.45, 2.75) is 18.6 Å². The number of primary amides is 1. The molecule has 0 spiro atoms. The number of hydrogen-bond donors (Lipinski definition) is 4. The fourth-order valence-electron chi connectivity index (χ4n) is 1.68. The number of nitrogens with zero attached hydrogens (tertiary/aromatic N) is 1. The second-order valence-electron chi connectivity index (χ2n) is 3.90. The maximum Gasteiger partial charge on any atom is 0.220 e. The van der Waals surface area contributed by atoms with Gasteiger partial charge in [-0.1, -0.05) is 12.1 Å². The highest BCUT2D eigenvalue weighted by atomic mass is 16.3. The number of carbonyl (C=O) groups is 1. The Kier molecular flexibility index (Phi) is 3.08. The zero-order valence-corrected chi connectivity index (χ0v) is 9.00. The first kappa shape index (κ1) is 11.6. The standard InChI is InChI=1S/C11H13N3O3/c12-10(16)4-9(15)11(17)6-1-2-7-5-13-14-8(7)3-6/h1-3,5,9,11,15,17H,4H2,(H2,12,16)(H,13,14). The normalized spacial score (nSPS) is 14.7. The van der Waals surface area contributed by atoms with Crippen LogP contribution in [0, 0.1) is 0 Å². The van der Waals surface area contributed by atoms with Crippen molar-refractivity contribution in [3.8, 4) is 0 Å². The first-order valence-electron chi connectivity index (χ1n) is 5.15. The number of aliphatic hydroxyl groups is 2. The van der Waals surface area contributed by atoms with E-state index in [1.165, 1.54) is 0 Å². The summed E-state index contributed by atoms with van der Waals surface area (Å²) in [6.45, 7) is 0. The summed E-state index contributed by atoms with van der Waals surface area (Å²) in [6.07, 6.45) is -0.962. The second-order valence-corrected chi connectivity index (χ2v) is 3.90. The number of fused-ring (bicyclic) bond motifs is 1. The van der Waals surface area contributed by atoms with Crippen LogP contribution in [0.2, 0.25) is 0 Å². The third kappa shape index (κ3) is 2.43. The number of hydrogen-bond acceptors (Lipinski definition) is 4. The van der Waals surface area contributed by atoms with Crippen LogP contribution in [-0.4, -0.2) is 32.4 Å². The summed E-state index contributed by atoms with van der Waals surface area (Å²) in [5, 5.41) is 26.9. The minimum absolute atomic E-state index is 0.276. The van der Waals surface area contributed by atoms with Crippen LogP contribution in [0.5, 0.6) is 0 Å². The Morgan fingerprint density at radius 1 is 1.47 bits per heavy atom. The maximum atomic E-state index is 10.7. The zero-order valence-electron chi connectivity index (χ0n) is 9.00. The highest BCUT2D eigenvalue weighted by Gasteiger charge is 2.20. The van der Waals surface area contributed by atoms with Crippen molar-refractivity contribution >= 4 is 16.8 Å². The SMILES string of the molecule is NC(=O)CC(O)C(O)c1ccc2cn[nH]c2c1. The van der Waals surface area contributed by atoms with E-state index in [2.05, 4.69) is 10.2 Å². The van der Waals surface area contributed by atoms with E-state index in [-0.39, 0.29) is 6.42 Å². The number of aromatic amines is 1. The fourth-order valence-corrected chi connectivity index (χ4v) is 1.68. The Bertz CT molecular complexity index is 537. The highest BCUT2D eigenvalue weighted by Crippen LogP contribution is 2.22. The van der Waals surface area contributed by atoms with Gasteiger partial charge in [-0.25, -0.2) is 0 Å². The van der Waals surface area contributed by atoms with Gasteiger partial charge in [-0.3, -0.25) is 9.89 Å². The van der Waals surface area contributed by atoms with Crippen molar-refractivity contribution in [1.29, 1.82) is 0 Å². The van der Waals surface area contributed by atoms with E-state index in [0.717, 1.165) is 10.9 Å². The number of amides is 1. The number of aliphatic hydroxyl groups excluding tert-OH is 2. The van der Waals surface area contributed by atoms with E-state index in [9.17, 15) is 15.0 Å². The molecule has 6 heteroatoms. The molecule has 1 heterocycles. The van der Waals surface area contributed by atoms with E-state index in [0.29, 0.717) is 5.56 Å². The average molecular weight is 235 g/mol. The summed E-state index contributed by atoms with van der Waals surface area (Å²) < 4.78 is 0. The van der Waals surface area contributed by atoms with E-state index >= 15 is 0 Å². The van der Waals surface area contributed by atoms with Crippen molar-refractivity contribution in [3.63, 3.8) is 0 Å². The molecule has 1 aromatic heterocycles. The van der Waals surface area contributed by atoms with Crippen molar-refractivity contribution < 1.29 is 15.0 Å². The summed E-state index contributed by atoms with van der Waals surface area (Å²) in [6, 6.07) is 5.12. The topological polar surface area (TPSA) is 112 Å². The first-order valence-corrected chi connectivity index (χ1v) is 5.15. The van der Waals surface area contributed by atoms with Crippen molar-refractivity contribution in [2.75, 3.05) is 0 Å². The Morgan fingerprint density at radius 3 is 2.94 bits per heavy atom. The van der Waals surface area contributed by atoms with Crippen LogP contribution in [0.15, 0.2) is 24.4 Å². The zero-order chi connectivity index (χ0) is 12.4. The molecule has 2 rings (SSSR count). The highest BCUT2D eigenvalue weighted by molar-refractivity contribution is 5.78. The number of rotatable bonds is 4. The molecule has 90 valence electrons. The van der Waals surface area contributed by atoms with Gasteiger partial charge in [-0.05, 0) is 11.6 Å². The largest absolute Gasteiger partial charge is 0.390 e. The van der Waals surface area contributed by atoms with Crippen molar-refractivity contribution in [3.05, 3.63) is 30.0 Å². The van der Waals surface area contributed by atoms with Crippen LogP contribution in [0.1, 0.15) is 18.1 Å². The molecule has 0 aliphatic heterocycles. The lowest BCUT2D eigenvalue weighted by atomic mass is 10.0. The van der Waals surface area contributed by atoms with Gasteiger partial charge in [0, 0.05) is 5.39 Å². The van der Waals surface area contributed by atoms with Gasteiger partial charge in [-0.15, -0.1) is 0 Å². The minimum Gasteiger partial charge on any atom is -0.390 e. The van der Waals surface area contributed by atoms with Crippen LogP contribution in [-0.2, 0) is 4.79 Å². The maximum absolute atomic E-state index is 10.7. The quantitative estimate of drug-likeness (QED) is 0.589. The molecule has 6 nitrogen and oxygen atoms in total. The summed E-state index contributed by atoms with van der Waals surface area (Å²) in [4.78, 5) is 10.7. The van der Waals surface area contributed by atoms with Crippen LogP contribution in [0.4, 0.5) is 0 Å². The van der Waals surface area contributed by atoms with E-state index in [1.807, 2.05) is 0 Å².